The molecule has 104 valence electrons. The Hall–Kier alpha value is -1.01. The first-order chi connectivity index (χ1) is 8.33. The van der Waals surface area contributed by atoms with Crippen LogP contribution in [0.1, 0.15) is 37.4 Å². The highest BCUT2D eigenvalue weighted by Gasteiger charge is 2.29. The predicted octanol–water partition coefficient (Wildman–Crippen LogP) is 3.34. The molecule has 0 amide bonds. The van der Waals surface area contributed by atoms with Gasteiger partial charge in [-0.1, -0.05) is 6.92 Å². The van der Waals surface area contributed by atoms with Crippen LogP contribution in [0.4, 0.5) is 13.2 Å². The van der Waals surface area contributed by atoms with Gasteiger partial charge in [0.15, 0.2) is 0 Å². The molecule has 0 saturated carbocycles. The molecule has 3 nitrogen and oxygen atoms in total. The summed E-state index contributed by atoms with van der Waals surface area (Å²) in [6, 6.07) is 3.03. The molecule has 1 aromatic rings. The Labute approximate surface area is 104 Å². The van der Waals surface area contributed by atoms with Gasteiger partial charge in [0.05, 0.1) is 13.0 Å². The third-order valence-corrected chi connectivity index (χ3v) is 2.58. The van der Waals surface area contributed by atoms with Crippen molar-refractivity contribution in [1.82, 2.24) is 0 Å². The highest BCUT2D eigenvalue weighted by atomic mass is 19.4. The van der Waals surface area contributed by atoms with E-state index in [1.165, 1.54) is 0 Å². The van der Waals surface area contributed by atoms with Crippen molar-refractivity contribution in [3.63, 3.8) is 0 Å². The minimum atomic E-state index is -4.22. The van der Waals surface area contributed by atoms with Crippen LogP contribution < -0.4 is 5.73 Å². The first kappa shape index (κ1) is 15.0. The van der Waals surface area contributed by atoms with Crippen molar-refractivity contribution >= 4 is 0 Å². The van der Waals surface area contributed by atoms with Crippen LogP contribution in [0.5, 0.6) is 0 Å². The molecule has 2 N–H and O–H groups in total. The lowest BCUT2D eigenvalue weighted by Crippen LogP contribution is -2.30. The van der Waals surface area contributed by atoms with E-state index in [4.69, 9.17) is 14.9 Å². The van der Waals surface area contributed by atoms with E-state index in [2.05, 4.69) is 0 Å². The number of hydrogen-bond acceptors (Lipinski definition) is 3. The van der Waals surface area contributed by atoms with Crippen molar-refractivity contribution < 1.29 is 22.3 Å². The van der Waals surface area contributed by atoms with Crippen LogP contribution in [-0.4, -0.2) is 18.8 Å². The summed E-state index contributed by atoms with van der Waals surface area (Å²) >= 11 is 0. The number of rotatable bonds is 6. The maximum Gasteiger partial charge on any atom is 0.391 e. The quantitative estimate of drug-likeness (QED) is 0.858. The molecule has 0 radical (unpaired) electrons. The van der Waals surface area contributed by atoms with Gasteiger partial charge in [-0.15, -0.1) is 0 Å². The summed E-state index contributed by atoms with van der Waals surface area (Å²) in [7, 11) is 0. The second kappa shape index (κ2) is 6.24. The molecule has 18 heavy (non-hydrogen) atoms. The van der Waals surface area contributed by atoms with Gasteiger partial charge < -0.3 is 14.9 Å². The molecular weight excluding hydrogens is 247 g/mol. The van der Waals surface area contributed by atoms with E-state index < -0.39 is 25.3 Å². The summed E-state index contributed by atoms with van der Waals surface area (Å²) < 4.78 is 46.8. The Morgan fingerprint density at radius 1 is 1.39 bits per heavy atom. The summed E-state index contributed by atoms with van der Waals surface area (Å²) in [5, 5.41) is 0. The number of halogens is 3. The lowest BCUT2D eigenvalue weighted by atomic mass is 10.1. The maximum absolute atomic E-state index is 12.1. The average Bonchev–Trinajstić information content (AvgIpc) is 2.68. The minimum absolute atomic E-state index is 0.385. The summed E-state index contributed by atoms with van der Waals surface area (Å²) in [4.78, 5) is 0. The van der Waals surface area contributed by atoms with Crippen LogP contribution in [0, 0.1) is 6.92 Å². The average molecular weight is 265 g/mol. The highest BCUT2D eigenvalue weighted by Crippen LogP contribution is 2.26. The molecule has 1 aromatic heterocycles. The van der Waals surface area contributed by atoms with Crippen molar-refractivity contribution in [2.24, 2.45) is 5.73 Å². The van der Waals surface area contributed by atoms with Gasteiger partial charge in [-0.3, -0.25) is 0 Å². The number of aryl methyl sites for hydroxylation is 1. The third-order valence-electron chi connectivity index (χ3n) is 2.58. The summed E-state index contributed by atoms with van der Waals surface area (Å²) in [5.41, 5.74) is 5.84. The fourth-order valence-corrected chi connectivity index (χ4v) is 1.54. The number of hydrogen-bond donors (Lipinski definition) is 1. The number of alkyl halides is 3. The van der Waals surface area contributed by atoms with Gasteiger partial charge in [0, 0.05) is 6.04 Å². The Bertz CT molecular complexity index is 362. The predicted molar refractivity (Wildman–Crippen MR) is 61.1 cm³/mol. The Balaban J connectivity index is 2.62. The van der Waals surface area contributed by atoms with Crippen LogP contribution >= 0.6 is 0 Å². The largest absolute Gasteiger partial charge is 0.464 e. The normalized spacial score (nSPS) is 15.7. The molecular formula is C12H18F3NO2. The van der Waals surface area contributed by atoms with Crippen LogP contribution in [0.2, 0.25) is 0 Å². The van der Waals surface area contributed by atoms with Gasteiger partial charge in [-0.05, 0) is 25.5 Å². The highest BCUT2D eigenvalue weighted by molar-refractivity contribution is 5.10. The second-order valence-corrected chi connectivity index (χ2v) is 4.18. The van der Waals surface area contributed by atoms with Gasteiger partial charge in [0.1, 0.15) is 17.6 Å². The number of furan rings is 1. The molecule has 0 aliphatic carbocycles. The monoisotopic (exact) mass is 265 g/mol. The topological polar surface area (TPSA) is 48.4 Å². The van der Waals surface area contributed by atoms with Gasteiger partial charge in [-0.2, -0.15) is 13.2 Å². The summed E-state index contributed by atoms with van der Waals surface area (Å²) in [5.74, 6) is 1.15. The van der Waals surface area contributed by atoms with E-state index in [1.54, 1.807) is 19.1 Å². The molecule has 0 aliphatic heterocycles. The number of ether oxygens (including phenoxy) is 1. The third kappa shape index (κ3) is 4.70. The lowest BCUT2D eigenvalue weighted by Gasteiger charge is -2.21. The lowest BCUT2D eigenvalue weighted by molar-refractivity contribution is -0.151. The van der Waals surface area contributed by atoms with E-state index in [0.717, 1.165) is 0 Å². The van der Waals surface area contributed by atoms with Crippen molar-refractivity contribution in [2.45, 2.75) is 45.0 Å². The van der Waals surface area contributed by atoms with Crippen molar-refractivity contribution in [3.8, 4) is 0 Å². The molecule has 1 rings (SSSR count). The molecule has 0 aliphatic rings. The molecule has 2 atom stereocenters. The number of nitrogens with two attached hydrogens (primary N) is 1. The molecule has 0 aromatic carbocycles. The van der Waals surface area contributed by atoms with E-state index in [-0.39, 0.29) is 6.04 Å². The second-order valence-electron chi connectivity index (χ2n) is 4.18. The standard InChI is InChI=1S/C12H18F3NO2/c1-3-9(16)11(10-5-4-8(2)18-10)17-7-6-12(13,14)15/h4-5,9,11H,3,6-7,16H2,1-2H3. The fourth-order valence-electron chi connectivity index (χ4n) is 1.54. The van der Waals surface area contributed by atoms with Gasteiger partial charge in [-0.25, -0.2) is 0 Å². The first-order valence-corrected chi connectivity index (χ1v) is 5.83. The molecule has 0 spiro atoms. The van der Waals surface area contributed by atoms with Crippen LogP contribution in [-0.2, 0) is 4.74 Å². The van der Waals surface area contributed by atoms with E-state index >= 15 is 0 Å². The Kier molecular flexibility index (Phi) is 5.22. The summed E-state index contributed by atoms with van der Waals surface area (Å²) in [6.07, 6.45) is -5.25. The first-order valence-electron chi connectivity index (χ1n) is 5.83. The fraction of sp³-hybridized carbons (Fsp3) is 0.667. The molecule has 0 bridgehead atoms. The molecule has 6 heteroatoms. The minimum Gasteiger partial charge on any atom is -0.464 e. The smallest absolute Gasteiger partial charge is 0.391 e. The van der Waals surface area contributed by atoms with Crippen molar-refractivity contribution in [2.75, 3.05) is 6.61 Å². The maximum atomic E-state index is 12.1. The van der Waals surface area contributed by atoms with E-state index in [9.17, 15) is 13.2 Å². The van der Waals surface area contributed by atoms with Crippen LogP contribution in [0.25, 0.3) is 0 Å². The Morgan fingerprint density at radius 2 is 2.06 bits per heavy atom. The van der Waals surface area contributed by atoms with Crippen LogP contribution in [0.15, 0.2) is 16.5 Å². The van der Waals surface area contributed by atoms with E-state index in [0.29, 0.717) is 17.9 Å². The Morgan fingerprint density at radius 3 is 2.50 bits per heavy atom. The SMILES string of the molecule is CCC(N)C(OCCC(F)(F)F)c1ccc(C)o1. The molecule has 0 saturated heterocycles. The van der Waals surface area contributed by atoms with Gasteiger partial charge >= 0.3 is 6.18 Å². The van der Waals surface area contributed by atoms with Crippen LogP contribution in [0.3, 0.4) is 0 Å². The van der Waals surface area contributed by atoms with Crippen molar-refractivity contribution in [1.29, 1.82) is 0 Å². The van der Waals surface area contributed by atoms with E-state index in [1.807, 2.05) is 6.92 Å². The van der Waals surface area contributed by atoms with Crippen molar-refractivity contribution in [3.05, 3.63) is 23.7 Å². The zero-order chi connectivity index (χ0) is 13.8. The zero-order valence-electron chi connectivity index (χ0n) is 10.5. The molecule has 2 unspecified atom stereocenters. The zero-order valence-corrected chi connectivity index (χ0v) is 10.5. The van der Waals surface area contributed by atoms with Gasteiger partial charge in [0.25, 0.3) is 0 Å². The summed E-state index contributed by atoms with van der Waals surface area (Å²) in [6.45, 7) is 3.19. The van der Waals surface area contributed by atoms with Gasteiger partial charge in [0.2, 0.25) is 0 Å². The molecule has 1 heterocycles. The molecule has 0 fully saturated rings.